The molecule has 0 radical (unpaired) electrons. The molecule has 0 aliphatic carbocycles. The van der Waals surface area contributed by atoms with Crippen molar-refractivity contribution < 1.29 is 9.53 Å². The number of hydrogen-bond donors (Lipinski definition) is 0. The summed E-state index contributed by atoms with van der Waals surface area (Å²) >= 11 is 1.73. The summed E-state index contributed by atoms with van der Waals surface area (Å²) in [6, 6.07) is 2.10. The van der Waals surface area contributed by atoms with Crippen LogP contribution >= 0.6 is 11.3 Å². The molecule has 14 heavy (non-hydrogen) atoms. The number of ether oxygens (including phenoxy) is 1. The molecule has 2 nitrogen and oxygen atoms in total. The quantitative estimate of drug-likeness (QED) is 0.702. The Kier molecular flexibility index (Phi) is 2.45. The Morgan fingerprint density at radius 2 is 2.50 bits per heavy atom. The van der Waals surface area contributed by atoms with Crippen LogP contribution in [0.25, 0.3) is 0 Å². The van der Waals surface area contributed by atoms with Crippen molar-refractivity contribution in [2.24, 2.45) is 0 Å². The van der Waals surface area contributed by atoms with Crippen LogP contribution in [-0.4, -0.2) is 11.9 Å². The molecule has 1 saturated heterocycles. The molecule has 2 heterocycles. The summed E-state index contributed by atoms with van der Waals surface area (Å²) in [4.78, 5) is 12.1. The van der Waals surface area contributed by atoms with E-state index >= 15 is 0 Å². The minimum absolute atomic E-state index is 0.122. The average molecular weight is 210 g/mol. The van der Waals surface area contributed by atoms with Crippen LogP contribution < -0.4 is 0 Å². The molecule has 3 heteroatoms. The van der Waals surface area contributed by atoms with Crippen LogP contribution in [0.5, 0.6) is 0 Å². The van der Waals surface area contributed by atoms with Crippen molar-refractivity contribution in [2.75, 3.05) is 0 Å². The highest BCUT2D eigenvalue weighted by atomic mass is 32.1. The second-order valence-electron chi connectivity index (χ2n) is 4.01. The zero-order chi connectivity index (χ0) is 10.2. The lowest BCUT2D eigenvalue weighted by molar-refractivity contribution is -0.127. The second kappa shape index (κ2) is 3.48. The lowest BCUT2D eigenvalue weighted by atomic mass is 10.0. The molecule has 1 aromatic heterocycles. The van der Waals surface area contributed by atoms with Crippen LogP contribution in [0.3, 0.4) is 0 Å². The fraction of sp³-hybridized carbons (Fsp3) is 0.545. The molecule has 1 aliphatic rings. The Labute approximate surface area is 87.9 Å². The van der Waals surface area contributed by atoms with Gasteiger partial charge in [0.25, 0.3) is 0 Å². The molecule has 1 aliphatic heterocycles. The molecule has 1 fully saturated rings. The van der Waals surface area contributed by atoms with Gasteiger partial charge in [-0.05, 0) is 43.7 Å². The predicted octanol–water partition coefficient (Wildman–Crippen LogP) is 2.87. The molecule has 0 saturated carbocycles. The van der Waals surface area contributed by atoms with Crippen LogP contribution in [0.2, 0.25) is 0 Å². The van der Waals surface area contributed by atoms with Gasteiger partial charge in [-0.1, -0.05) is 0 Å². The van der Waals surface area contributed by atoms with E-state index in [1.807, 2.05) is 6.92 Å². The highest BCUT2D eigenvalue weighted by Crippen LogP contribution is 2.40. The van der Waals surface area contributed by atoms with Gasteiger partial charge in [-0.25, -0.2) is 0 Å². The van der Waals surface area contributed by atoms with Crippen LogP contribution in [0.1, 0.15) is 36.3 Å². The van der Waals surface area contributed by atoms with E-state index in [1.54, 1.807) is 11.3 Å². The number of rotatable bonds is 2. The Morgan fingerprint density at radius 1 is 1.71 bits per heavy atom. The van der Waals surface area contributed by atoms with Gasteiger partial charge in [-0.3, -0.25) is 0 Å². The number of aldehydes is 1. The lowest BCUT2D eigenvalue weighted by Gasteiger charge is -2.17. The maximum atomic E-state index is 10.8. The first kappa shape index (κ1) is 9.87. The molecule has 76 valence electrons. The summed E-state index contributed by atoms with van der Waals surface area (Å²) in [5, 5.41) is 2.07. The van der Waals surface area contributed by atoms with Gasteiger partial charge < -0.3 is 9.53 Å². The van der Waals surface area contributed by atoms with E-state index < -0.39 is 5.60 Å². The highest BCUT2D eigenvalue weighted by molar-refractivity contribution is 7.10. The predicted molar refractivity (Wildman–Crippen MR) is 56.6 cm³/mol. The normalized spacial score (nSPS) is 32.0. The van der Waals surface area contributed by atoms with Crippen molar-refractivity contribution in [3.05, 3.63) is 21.9 Å². The van der Waals surface area contributed by atoms with E-state index in [4.69, 9.17) is 4.74 Å². The smallest absolute Gasteiger partial charge is 0.151 e. The molecule has 0 amide bonds. The lowest BCUT2D eigenvalue weighted by Crippen LogP contribution is -2.24. The van der Waals surface area contributed by atoms with Gasteiger partial charge in [0.2, 0.25) is 0 Å². The topological polar surface area (TPSA) is 26.3 Å². The molecular formula is C11H14O2S. The maximum absolute atomic E-state index is 10.8. The van der Waals surface area contributed by atoms with Gasteiger partial charge in [-0.2, -0.15) is 0 Å². The van der Waals surface area contributed by atoms with Crippen LogP contribution in [-0.2, 0) is 9.53 Å². The van der Waals surface area contributed by atoms with E-state index in [2.05, 4.69) is 18.4 Å². The standard InChI is InChI=1S/C11H14O2S/c1-8-9(4-6-14-8)10-3-5-11(2,7-12)13-10/h4,6-7,10H,3,5H2,1-2H3. The third kappa shape index (κ3) is 1.62. The SMILES string of the molecule is Cc1sccc1C1CCC(C)(C=O)O1. The second-order valence-corrected chi connectivity index (χ2v) is 5.13. The number of carbonyl (C=O) groups excluding carboxylic acids is 1. The minimum Gasteiger partial charge on any atom is -0.360 e. The van der Waals surface area contributed by atoms with E-state index in [1.165, 1.54) is 10.4 Å². The summed E-state index contributed by atoms with van der Waals surface area (Å²) in [6.45, 7) is 3.96. The van der Waals surface area contributed by atoms with Crippen molar-refractivity contribution in [2.45, 2.75) is 38.4 Å². The van der Waals surface area contributed by atoms with Crippen molar-refractivity contribution in [1.29, 1.82) is 0 Å². The summed E-state index contributed by atoms with van der Waals surface area (Å²) in [5.74, 6) is 0. The first-order chi connectivity index (χ1) is 6.64. The Hall–Kier alpha value is -0.670. The fourth-order valence-electron chi connectivity index (χ4n) is 1.90. The summed E-state index contributed by atoms with van der Waals surface area (Å²) < 4.78 is 5.76. The third-order valence-electron chi connectivity index (χ3n) is 2.81. The van der Waals surface area contributed by atoms with Crippen molar-refractivity contribution in [3.63, 3.8) is 0 Å². The van der Waals surface area contributed by atoms with Gasteiger partial charge >= 0.3 is 0 Å². The van der Waals surface area contributed by atoms with E-state index in [-0.39, 0.29) is 6.10 Å². The first-order valence-electron chi connectivity index (χ1n) is 4.83. The van der Waals surface area contributed by atoms with Crippen LogP contribution in [0.15, 0.2) is 11.4 Å². The molecule has 0 N–H and O–H groups in total. The van der Waals surface area contributed by atoms with Crippen molar-refractivity contribution in [3.8, 4) is 0 Å². The third-order valence-corrected chi connectivity index (χ3v) is 3.67. The van der Waals surface area contributed by atoms with Crippen LogP contribution in [0.4, 0.5) is 0 Å². The molecule has 0 aromatic carbocycles. The molecule has 2 rings (SSSR count). The largest absolute Gasteiger partial charge is 0.360 e. The Morgan fingerprint density at radius 3 is 3.00 bits per heavy atom. The van der Waals surface area contributed by atoms with Crippen LogP contribution in [0, 0.1) is 6.92 Å². The number of thiophene rings is 1. The van der Waals surface area contributed by atoms with E-state index in [0.717, 1.165) is 19.1 Å². The van der Waals surface area contributed by atoms with Crippen molar-refractivity contribution in [1.82, 2.24) is 0 Å². The van der Waals surface area contributed by atoms with E-state index in [0.29, 0.717) is 0 Å². The fourth-order valence-corrected chi connectivity index (χ4v) is 2.65. The van der Waals surface area contributed by atoms with Gasteiger partial charge in [0, 0.05) is 4.88 Å². The summed E-state index contributed by atoms with van der Waals surface area (Å²) in [7, 11) is 0. The average Bonchev–Trinajstić information content (AvgIpc) is 2.73. The van der Waals surface area contributed by atoms with E-state index in [9.17, 15) is 4.79 Å². The maximum Gasteiger partial charge on any atom is 0.151 e. The number of carbonyl (C=O) groups is 1. The van der Waals surface area contributed by atoms with Gasteiger partial charge in [0.1, 0.15) is 5.60 Å². The zero-order valence-electron chi connectivity index (χ0n) is 8.45. The molecule has 2 atom stereocenters. The monoisotopic (exact) mass is 210 g/mol. The minimum atomic E-state index is -0.557. The number of aryl methyl sites for hydroxylation is 1. The number of hydrogen-bond acceptors (Lipinski definition) is 3. The summed E-state index contributed by atoms with van der Waals surface area (Å²) in [6.07, 6.45) is 2.83. The molecule has 2 unspecified atom stereocenters. The van der Waals surface area contributed by atoms with Gasteiger partial charge in [0.15, 0.2) is 6.29 Å². The molecule has 0 spiro atoms. The van der Waals surface area contributed by atoms with Gasteiger partial charge in [-0.15, -0.1) is 11.3 Å². The zero-order valence-corrected chi connectivity index (χ0v) is 9.26. The molecule has 1 aromatic rings. The van der Waals surface area contributed by atoms with Gasteiger partial charge in [0.05, 0.1) is 6.10 Å². The highest BCUT2D eigenvalue weighted by Gasteiger charge is 2.37. The Balaban J connectivity index is 2.17. The first-order valence-corrected chi connectivity index (χ1v) is 5.71. The molecular weight excluding hydrogens is 196 g/mol. The molecule has 0 bridgehead atoms. The Bertz CT molecular complexity index is 345. The van der Waals surface area contributed by atoms with Crippen molar-refractivity contribution >= 4 is 17.6 Å². The summed E-state index contributed by atoms with van der Waals surface area (Å²) in [5.41, 5.74) is 0.694.